The maximum absolute atomic E-state index is 8.37. The molecule has 0 aliphatic carbocycles. The fourth-order valence-corrected chi connectivity index (χ4v) is 0.208. The first-order chi connectivity index (χ1) is 3.81. The second-order valence-corrected chi connectivity index (χ2v) is 1.38. The van der Waals surface area contributed by atoms with E-state index in [0.29, 0.717) is 0 Å². The highest BCUT2D eigenvalue weighted by atomic mass is 16.3. The summed E-state index contributed by atoms with van der Waals surface area (Å²) in [6.07, 6.45) is 3.14. The van der Waals surface area contributed by atoms with Crippen LogP contribution in [-0.2, 0) is 0 Å². The smallest absolute Gasteiger partial charge is 0.115 e. The Bertz CT molecular complexity index is 90.4. The summed E-state index contributed by atoms with van der Waals surface area (Å²) >= 11 is 0. The molecule has 3 nitrogen and oxygen atoms in total. The Kier molecular flexibility index (Phi) is 3.88. The Hall–Kier alpha value is -0.830. The van der Waals surface area contributed by atoms with E-state index in [1.165, 1.54) is 6.20 Å². The topological polar surface area (TPSA) is 35.8 Å². The van der Waals surface area contributed by atoms with E-state index in [1.807, 2.05) is 0 Å². The van der Waals surface area contributed by atoms with Gasteiger partial charge in [-0.1, -0.05) is 0 Å². The zero-order valence-corrected chi connectivity index (χ0v) is 4.91. The molecule has 0 bridgehead atoms. The van der Waals surface area contributed by atoms with Crippen LogP contribution in [0.1, 0.15) is 0 Å². The Morgan fingerprint density at radius 2 is 2.50 bits per heavy atom. The van der Waals surface area contributed by atoms with Gasteiger partial charge in [-0.25, -0.2) is 0 Å². The molecule has 0 aromatic heterocycles. The molecular formula is C5H10N2O. The minimum atomic E-state index is 0.00597. The fourth-order valence-electron chi connectivity index (χ4n) is 0.208. The first-order valence-corrected chi connectivity index (χ1v) is 2.25. The van der Waals surface area contributed by atoms with Gasteiger partial charge in [0.1, 0.15) is 6.73 Å². The van der Waals surface area contributed by atoms with Crippen LogP contribution in [0.4, 0.5) is 0 Å². The Morgan fingerprint density at radius 3 is 2.88 bits per heavy atom. The fraction of sp³-hybridized carbons (Fsp3) is 0.400. The summed E-state index contributed by atoms with van der Waals surface area (Å²) in [7, 11) is 1.74. The standard InChI is InChI=1S/C5H10N2O/c1-6-3-4-7(2)5-8/h3-4,8H,1,5H2,2H3/b4-3-. The molecule has 0 aromatic rings. The molecule has 0 spiro atoms. The summed E-state index contributed by atoms with van der Waals surface area (Å²) in [5, 5.41) is 8.37. The van der Waals surface area contributed by atoms with Crippen molar-refractivity contribution < 1.29 is 5.11 Å². The zero-order valence-electron chi connectivity index (χ0n) is 4.91. The van der Waals surface area contributed by atoms with Crippen LogP contribution < -0.4 is 0 Å². The molecule has 0 saturated heterocycles. The van der Waals surface area contributed by atoms with E-state index in [4.69, 9.17) is 5.11 Å². The summed E-state index contributed by atoms with van der Waals surface area (Å²) in [4.78, 5) is 5.02. The molecule has 8 heavy (non-hydrogen) atoms. The zero-order chi connectivity index (χ0) is 6.41. The maximum Gasteiger partial charge on any atom is 0.115 e. The quantitative estimate of drug-likeness (QED) is 0.415. The summed E-state index contributed by atoms with van der Waals surface area (Å²) < 4.78 is 0. The van der Waals surface area contributed by atoms with E-state index in [9.17, 15) is 0 Å². The van der Waals surface area contributed by atoms with E-state index in [2.05, 4.69) is 11.7 Å². The van der Waals surface area contributed by atoms with Crippen LogP contribution in [0, 0.1) is 0 Å². The molecule has 0 saturated carbocycles. The van der Waals surface area contributed by atoms with E-state index < -0.39 is 0 Å². The monoisotopic (exact) mass is 114 g/mol. The average Bonchev–Trinajstić information content (AvgIpc) is 1.83. The predicted octanol–water partition coefficient (Wildman–Crippen LogP) is 0.0398. The third-order valence-corrected chi connectivity index (χ3v) is 0.650. The molecule has 0 aromatic carbocycles. The van der Waals surface area contributed by atoms with E-state index in [1.54, 1.807) is 18.1 Å². The lowest BCUT2D eigenvalue weighted by atomic mass is 10.8. The molecule has 0 heterocycles. The van der Waals surface area contributed by atoms with Crippen molar-refractivity contribution >= 4 is 6.72 Å². The molecule has 0 aliphatic rings. The number of hydrogen-bond donors (Lipinski definition) is 1. The summed E-state index contributed by atoms with van der Waals surface area (Å²) in [6, 6.07) is 0. The first-order valence-electron chi connectivity index (χ1n) is 2.25. The Labute approximate surface area is 49.0 Å². The number of hydrogen-bond acceptors (Lipinski definition) is 3. The Morgan fingerprint density at radius 1 is 1.88 bits per heavy atom. The van der Waals surface area contributed by atoms with E-state index in [0.717, 1.165) is 0 Å². The van der Waals surface area contributed by atoms with Crippen molar-refractivity contribution in [2.45, 2.75) is 0 Å². The SMILES string of the molecule is C=N/C=C\N(C)CO. The molecule has 0 amide bonds. The number of nitrogens with zero attached hydrogens (tertiary/aromatic N) is 2. The van der Waals surface area contributed by atoms with Crippen molar-refractivity contribution in [2.24, 2.45) is 4.99 Å². The first kappa shape index (κ1) is 7.17. The van der Waals surface area contributed by atoms with Crippen LogP contribution >= 0.6 is 0 Å². The van der Waals surface area contributed by atoms with Crippen LogP contribution in [0.15, 0.2) is 17.4 Å². The van der Waals surface area contributed by atoms with Gasteiger partial charge < -0.3 is 10.0 Å². The highest BCUT2D eigenvalue weighted by Gasteiger charge is 1.79. The Balaban J connectivity index is 3.35. The molecule has 0 fully saturated rings. The van der Waals surface area contributed by atoms with Gasteiger partial charge >= 0.3 is 0 Å². The lowest BCUT2D eigenvalue weighted by Crippen LogP contribution is -2.10. The molecule has 0 unspecified atom stereocenters. The van der Waals surface area contributed by atoms with Gasteiger partial charge in [-0.15, -0.1) is 0 Å². The van der Waals surface area contributed by atoms with Crippen LogP contribution in [0.3, 0.4) is 0 Å². The van der Waals surface area contributed by atoms with Crippen LogP contribution in [0.5, 0.6) is 0 Å². The predicted molar refractivity (Wildman–Crippen MR) is 33.5 cm³/mol. The highest BCUT2D eigenvalue weighted by molar-refractivity contribution is 5.25. The van der Waals surface area contributed by atoms with Gasteiger partial charge in [0.05, 0.1) is 0 Å². The molecule has 0 radical (unpaired) electrons. The van der Waals surface area contributed by atoms with Crippen LogP contribution in [0.25, 0.3) is 0 Å². The van der Waals surface area contributed by atoms with Crippen molar-refractivity contribution in [3.05, 3.63) is 12.4 Å². The third-order valence-electron chi connectivity index (χ3n) is 0.650. The van der Waals surface area contributed by atoms with Crippen molar-refractivity contribution in [1.29, 1.82) is 0 Å². The largest absolute Gasteiger partial charge is 0.376 e. The van der Waals surface area contributed by atoms with Gasteiger partial charge in [0.2, 0.25) is 0 Å². The van der Waals surface area contributed by atoms with Crippen LogP contribution in [0.2, 0.25) is 0 Å². The highest BCUT2D eigenvalue weighted by Crippen LogP contribution is 1.79. The van der Waals surface area contributed by atoms with Crippen molar-refractivity contribution in [3.8, 4) is 0 Å². The molecule has 3 heteroatoms. The summed E-state index contributed by atoms with van der Waals surface area (Å²) in [5.41, 5.74) is 0. The third kappa shape index (κ3) is 3.36. The molecule has 0 aliphatic heterocycles. The second-order valence-electron chi connectivity index (χ2n) is 1.38. The lowest BCUT2D eigenvalue weighted by Gasteiger charge is -2.05. The summed E-state index contributed by atoms with van der Waals surface area (Å²) in [5.74, 6) is 0. The van der Waals surface area contributed by atoms with Gasteiger partial charge in [-0.05, 0) is 6.72 Å². The number of rotatable bonds is 3. The minimum absolute atomic E-state index is 0.00597. The maximum atomic E-state index is 8.37. The molecule has 1 N–H and O–H groups in total. The molecule has 46 valence electrons. The van der Waals surface area contributed by atoms with Crippen molar-refractivity contribution in [1.82, 2.24) is 4.90 Å². The van der Waals surface area contributed by atoms with Crippen LogP contribution in [-0.4, -0.2) is 30.5 Å². The second kappa shape index (κ2) is 4.33. The summed E-state index contributed by atoms with van der Waals surface area (Å²) in [6.45, 7) is 3.23. The van der Waals surface area contributed by atoms with E-state index in [-0.39, 0.29) is 6.73 Å². The van der Waals surface area contributed by atoms with Gasteiger partial charge in [-0.3, -0.25) is 4.99 Å². The number of aliphatic hydroxyl groups is 1. The molecule has 0 atom stereocenters. The van der Waals surface area contributed by atoms with Crippen molar-refractivity contribution in [2.75, 3.05) is 13.8 Å². The molecular weight excluding hydrogens is 104 g/mol. The van der Waals surface area contributed by atoms with Gasteiger partial charge in [0.15, 0.2) is 0 Å². The molecule has 0 rings (SSSR count). The van der Waals surface area contributed by atoms with Gasteiger partial charge in [0.25, 0.3) is 0 Å². The number of aliphatic hydroxyl groups excluding tert-OH is 1. The van der Waals surface area contributed by atoms with E-state index >= 15 is 0 Å². The number of aliphatic imine (C=N–C) groups is 1. The average molecular weight is 114 g/mol. The normalized spacial score (nSPS) is 9.75. The lowest BCUT2D eigenvalue weighted by molar-refractivity contribution is 0.175. The minimum Gasteiger partial charge on any atom is -0.376 e. The van der Waals surface area contributed by atoms with Gasteiger partial charge in [0, 0.05) is 19.4 Å². The van der Waals surface area contributed by atoms with Gasteiger partial charge in [-0.2, -0.15) is 0 Å². The van der Waals surface area contributed by atoms with Crippen molar-refractivity contribution in [3.63, 3.8) is 0 Å².